The molecule has 2 atom stereocenters. The van der Waals surface area contributed by atoms with Crippen LogP contribution in [0.2, 0.25) is 0 Å². The molecule has 5 nitrogen and oxygen atoms in total. The van der Waals surface area contributed by atoms with Crippen LogP contribution in [0.25, 0.3) is 10.9 Å². The zero-order valence-electron chi connectivity index (χ0n) is 13.0. The summed E-state index contributed by atoms with van der Waals surface area (Å²) in [5, 5.41) is 3.79. The minimum Gasteiger partial charge on any atom is -0.361 e. The molecule has 0 aliphatic carbocycles. The van der Waals surface area contributed by atoms with Crippen LogP contribution in [0.3, 0.4) is 0 Å². The number of rotatable bonds is 7. The Labute approximate surface area is 130 Å². The van der Waals surface area contributed by atoms with Crippen LogP contribution in [0.5, 0.6) is 0 Å². The lowest BCUT2D eigenvalue weighted by Crippen LogP contribution is -2.47. The lowest BCUT2D eigenvalue weighted by Gasteiger charge is -2.17. The number of aldehydes is 1. The molecule has 0 radical (unpaired) electrons. The molecule has 1 aromatic heterocycles. The highest BCUT2D eigenvalue weighted by molar-refractivity contribution is 5.86. The fourth-order valence-electron chi connectivity index (χ4n) is 2.58. The van der Waals surface area contributed by atoms with Gasteiger partial charge in [-0.1, -0.05) is 32.0 Å². The van der Waals surface area contributed by atoms with E-state index in [1.807, 2.05) is 44.3 Å². The zero-order chi connectivity index (χ0) is 16.1. The summed E-state index contributed by atoms with van der Waals surface area (Å²) >= 11 is 0. The third-order valence-electron chi connectivity index (χ3n) is 3.67. The molecule has 2 rings (SSSR count). The Morgan fingerprint density at radius 3 is 2.77 bits per heavy atom. The summed E-state index contributed by atoms with van der Waals surface area (Å²) in [5.41, 5.74) is 7.87. The van der Waals surface area contributed by atoms with Gasteiger partial charge in [0.2, 0.25) is 5.91 Å². The second-order valence-electron chi connectivity index (χ2n) is 6.05. The molecule has 2 aromatic rings. The highest BCUT2D eigenvalue weighted by Crippen LogP contribution is 2.18. The summed E-state index contributed by atoms with van der Waals surface area (Å²) in [4.78, 5) is 26.5. The second kappa shape index (κ2) is 7.22. The maximum atomic E-state index is 12.0. The van der Waals surface area contributed by atoms with Crippen LogP contribution in [0.15, 0.2) is 30.5 Å². The Morgan fingerprint density at radius 1 is 1.36 bits per heavy atom. The molecule has 22 heavy (non-hydrogen) atoms. The first-order valence-corrected chi connectivity index (χ1v) is 7.57. The molecule has 1 aromatic carbocycles. The normalized spacial score (nSPS) is 14.0. The Hall–Kier alpha value is -2.14. The summed E-state index contributed by atoms with van der Waals surface area (Å²) in [5.74, 6) is 0.0645. The fraction of sp³-hybridized carbons (Fsp3) is 0.412. The molecule has 0 saturated carbocycles. The molecule has 0 aliphatic heterocycles. The van der Waals surface area contributed by atoms with Crippen LogP contribution in [0, 0.1) is 5.92 Å². The van der Waals surface area contributed by atoms with Crippen LogP contribution < -0.4 is 11.1 Å². The molecule has 0 unspecified atom stereocenters. The first-order valence-electron chi connectivity index (χ1n) is 7.57. The van der Waals surface area contributed by atoms with Gasteiger partial charge in [0.25, 0.3) is 0 Å². The van der Waals surface area contributed by atoms with Gasteiger partial charge in [-0.15, -0.1) is 0 Å². The molecular formula is C17H23N3O2. The molecule has 5 heteroatoms. The van der Waals surface area contributed by atoms with Gasteiger partial charge >= 0.3 is 0 Å². The van der Waals surface area contributed by atoms with Gasteiger partial charge in [-0.25, -0.2) is 0 Å². The molecule has 0 bridgehead atoms. The predicted octanol–water partition coefficient (Wildman–Crippen LogP) is 1.77. The van der Waals surface area contributed by atoms with Gasteiger partial charge in [0.15, 0.2) is 0 Å². The van der Waals surface area contributed by atoms with Crippen molar-refractivity contribution in [2.75, 3.05) is 0 Å². The van der Waals surface area contributed by atoms with Gasteiger partial charge in [0.05, 0.1) is 12.1 Å². The number of aromatic nitrogens is 1. The highest BCUT2D eigenvalue weighted by atomic mass is 16.2. The van der Waals surface area contributed by atoms with Gasteiger partial charge in [-0.3, -0.25) is 4.79 Å². The second-order valence-corrected chi connectivity index (χ2v) is 6.05. The van der Waals surface area contributed by atoms with E-state index >= 15 is 0 Å². The highest BCUT2D eigenvalue weighted by Gasteiger charge is 2.19. The van der Waals surface area contributed by atoms with Crippen LogP contribution in [0.1, 0.15) is 25.8 Å². The minimum absolute atomic E-state index is 0.273. The van der Waals surface area contributed by atoms with E-state index in [0.29, 0.717) is 18.8 Å². The zero-order valence-corrected chi connectivity index (χ0v) is 13.0. The van der Waals surface area contributed by atoms with Gasteiger partial charge < -0.3 is 20.8 Å². The number of para-hydroxylation sites is 1. The van der Waals surface area contributed by atoms with Gasteiger partial charge in [-0.05, 0) is 24.0 Å². The average Bonchev–Trinajstić information content (AvgIpc) is 2.89. The van der Waals surface area contributed by atoms with Crippen LogP contribution >= 0.6 is 0 Å². The van der Waals surface area contributed by atoms with Crippen LogP contribution in [-0.4, -0.2) is 29.3 Å². The van der Waals surface area contributed by atoms with Crippen LogP contribution in [0.4, 0.5) is 0 Å². The maximum Gasteiger partial charge on any atom is 0.237 e. The van der Waals surface area contributed by atoms with Crippen molar-refractivity contribution >= 4 is 23.1 Å². The summed E-state index contributed by atoms with van der Waals surface area (Å²) in [7, 11) is 0. The molecule has 118 valence electrons. The number of nitrogens with two attached hydrogens (primary N) is 1. The van der Waals surface area contributed by atoms with Crippen molar-refractivity contribution in [3.05, 3.63) is 36.0 Å². The van der Waals surface area contributed by atoms with Crippen molar-refractivity contribution in [2.24, 2.45) is 11.7 Å². The monoisotopic (exact) mass is 301 g/mol. The van der Waals surface area contributed by atoms with Gasteiger partial charge in [-0.2, -0.15) is 0 Å². The number of aromatic amines is 1. The molecule has 4 N–H and O–H groups in total. The number of hydrogen-bond donors (Lipinski definition) is 3. The van der Waals surface area contributed by atoms with Crippen molar-refractivity contribution in [3.8, 4) is 0 Å². The first-order chi connectivity index (χ1) is 10.5. The van der Waals surface area contributed by atoms with Crippen molar-refractivity contribution in [1.29, 1.82) is 0 Å². The number of amides is 1. The van der Waals surface area contributed by atoms with E-state index in [1.165, 1.54) is 0 Å². The van der Waals surface area contributed by atoms with Crippen molar-refractivity contribution < 1.29 is 9.59 Å². The topological polar surface area (TPSA) is 88.0 Å². The standard InChI is InChI=1S/C17H23N3O2/c1-11(2)7-15(18)17(22)20-13(10-21)8-12-9-19-16-6-4-3-5-14(12)16/h3-6,9-11,13,15,19H,7-8,18H2,1-2H3,(H,20,22)/t13-,15-/m0/s1. The lowest BCUT2D eigenvalue weighted by molar-refractivity contribution is -0.125. The van der Waals surface area contributed by atoms with E-state index in [4.69, 9.17) is 5.73 Å². The van der Waals surface area contributed by atoms with Gasteiger partial charge in [0, 0.05) is 23.5 Å². The molecule has 0 aliphatic rings. The summed E-state index contributed by atoms with van der Waals surface area (Å²) in [6, 6.07) is 6.73. The Morgan fingerprint density at radius 2 is 2.09 bits per heavy atom. The number of fused-ring (bicyclic) bond motifs is 1. The molecule has 0 spiro atoms. The Balaban J connectivity index is 2.03. The number of benzene rings is 1. The minimum atomic E-state index is -0.578. The predicted molar refractivity (Wildman–Crippen MR) is 87.4 cm³/mol. The lowest BCUT2D eigenvalue weighted by atomic mass is 10.0. The van der Waals surface area contributed by atoms with E-state index in [-0.39, 0.29) is 5.91 Å². The Bertz CT molecular complexity index is 648. The smallest absolute Gasteiger partial charge is 0.237 e. The number of carbonyl (C=O) groups is 2. The largest absolute Gasteiger partial charge is 0.361 e. The van der Waals surface area contributed by atoms with E-state index in [2.05, 4.69) is 10.3 Å². The van der Waals surface area contributed by atoms with E-state index in [1.54, 1.807) is 0 Å². The third kappa shape index (κ3) is 3.95. The van der Waals surface area contributed by atoms with Crippen molar-refractivity contribution in [1.82, 2.24) is 10.3 Å². The van der Waals surface area contributed by atoms with Gasteiger partial charge in [0.1, 0.15) is 6.29 Å². The van der Waals surface area contributed by atoms with E-state index in [0.717, 1.165) is 22.8 Å². The molecule has 1 amide bonds. The molecule has 0 fully saturated rings. The SMILES string of the molecule is CC(C)C[C@H](N)C(=O)N[C@H](C=O)Cc1c[nH]c2ccccc12. The maximum absolute atomic E-state index is 12.0. The quantitative estimate of drug-likeness (QED) is 0.681. The fourth-order valence-corrected chi connectivity index (χ4v) is 2.58. The van der Waals surface area contributed by atoms with Crippen molar-refractivity contribution in [3.63, 3.8) is 0 Å². The molecule has 0 saturated heterocycles. The van der Waals surface area contributed by atoms with Crippen molar-refractivity contribution in [2.45, 2.75) is 38.8 Å². The summed E-state index contributed by atoms with van der Waals surface area (Å²) in [6.45, 7) is 4.02. The third-order valence-corrected chi connectivity index (χ3v) is 3.67. The number of carbonyl (C=O) groups excluding carboxylic acids is 2. The summed E-state index contributed by atoms with van der Waals surface area (Å²) < 4.78 is 0. The Kier molecular flexibility index (Phi) is 5.33. The summed E-state index contributed by atoms with van der Waals surface area (Å²) in [6.07, 6.45) is 3.70. The molecular weight excluding hydrogens is 278 g/mol. The first kappa shape index (κ1) is 16.2. The van der Waals surface area contributed by atoms with E-state index < -0.39 is 12.1 Å². The molecule has 1 heterocycles. The number of hydrogen-bond acceptors (Lipinski definition) is 3. The number of H-pyrrole nitrogens is 1. The average molecular weight is 301 g/mol. The van der Waals surface area contributed by atoms with Crippen LogP contribution in [-0.2, 0) is 16.0 Å². The number of nitrogens with one attached hydrogen (secondary N) is 2. The van der Waals surface area contributed by atoms with E-state index in [9.17, 15) is 9.59 Å².